The van der Waals surface area contributed by atoms with Crippen LogP contribution in [0.25, 0.3) is 0 Å². The van der Waals surface area contributed by atoms with Gasteiger partial charge in [0, 0.05) is 24.6 Å². The standard InChI is InChI=1S/C14H17BrF2N4/c1-3-21-13(14(15)8(2)20-21)7-12(19-18)10-5-4-9(16)6-11(10)17/h4-6,12,19H,3,7,18H2,1-2H3. The first kappa shape index (κ1) is 16.1. The van der Waals surface area contributed by atoms with E-state index in [1.54, 1.807) is 0 Å². The molecule has 2 rings (SSSR count). The third-order valence-electron chi connectivity index (χ3n) is 3.39. The van der Waals surface area contributed by atoms with Gasteiger partial charge < -0.3 is 0 Å². The van der Waals surface area contributed by atoms with Gasteiger partial charge in [0.2, 0.25) is 0 Å². The lowest BCUT2D eigenvalue weighted by Crippen LogP contribution is -2.31. The number of nitrogens with zero attached hydrogens (tertiary/aromatic N) is 2. The second-order valence-electron chi connectivity index (χ2n) is 4.75. The molecule has 0 fully saturated rings. The normalized spacial score (nSPS) is 12.7. The van der Waals surface area contributed by atoms with Crippen molar-refractivity contribution in [2.45, 2.75) is 32.9 Å². The van der Waals surface area contributed by atoms with Crippen molar-refractivity contribution in [1.29, 1.82) is 0 Å². The predicted octanol–water partition coefficient (Wildman–Crippen LogP) is 3.00. The third kappa shape index (κ3) is 3.30. The van der Waals surface area contributed by atoms with Gasteiger partial charge in [0.05, 0.1) is 21.9 Å². The second kappa shape index (κ2) is 6.64. The Morgan fingerprint density at radius 2 is 2.14 bits per heavy atom. The monoisotopic (exact) mass is 358 g/mol. The third-order valence-corrected chi connectivity index (χ3v) is 4.42. The van der Waals surface area contributed by atoms with E-state index >= 15 is 0 Å². The summed E-state index contributed by atoms with van der Waals surface area (Å²) in [6.07, 6.45) is 0.439. The lowest BCUT2D eigenvalue weighted by Gasteiger charge is -2.18. The fourth-order valence-electron chi connectivity index (χ4n) is 2.30. The number of hydrogen-bond donors (Lipinski definition) is 2. The number of benzene rings is 1. The van der Waals surface area contributed by atoms with Gasteiger partial charge >= 0.3 is 0 Å². The number of nitrogens with one attached hydrogen (secondary N) is 1. The molecule has 0 aliphatic heterocycles. The van der Waals surface area contributed by atoms with E-state index in [9.17, 15) is 8.78 Å². The van der Waals surface area contributed by atoms with Crippen molar-refractivity contribution in [2.24, 2.45) is 5.84 Å². The highest BCUT2D eigenvalue weighted by molar-refractivity contribution is 9.10. The number of nitrogens with two attached hydrogens (primary N) is 1. The van der Waals surface area contributed by atoms with Crippen LogP contribution in [-0.4, -0.2) is 9.78 Å². The van der Waals surface area contributed by atoms with Crippen molar-refractivity contribution >= 4 is 15.9 Å². The maximum absolute atomic E-state index is 13.9. The summed E-state index contributed by atoms with van der Waals surface area (Å²) in [6.45, 7) is 4.57. The molecule has 0 aliphatic carbocycles. The lowest BCUT2D eigenvalue weighted by molar-refractivity contribution is 0.484. The van der Waals surface area contributed by atoms with Crippen molar-refractivity contribution in [3.8, 4) is 0 Å². The molecule has 7 heteroatoms. The Labute approximate surface area is 130 Å². The Hall–Kier alpha value is -1.31. The SMILES string of the molecule is CCn1nc(C)c(Br)c1CC(NN)c1ccc(F)cc1F. The average molecular weight is 359 g/mol. The topological polar surface area (TPSA) is 55.9 Å². The first-order valence-corrected chi connectivity index (χ1v) is 7.40. The van der Waals surface area contributed by atoms with Crippen LogP contribution < -0.4 is 11.3 Å². The van der Waals surface area contributed by atoms with Gasteiger partial charge in [0.1, 0.15) is 11.6 Å². The van der Waals surface area contributed by atoms with Crippen molar-refractivity contribution in [3.63, 3.8) is 0 Å². The molecule has 0 radical (unpaired) electrons. The molecule has 0 saturated heterocycles. The van der Waals surface area contributed by atoms with Crippen LogP contribution in [0.5, 0.6) is 0 Å². The molecule has 0 amide bonds. The Morgan fingerprint density at radius 1 is 1.43 bits per heavy atom. The summed E-state index contributed by atoms with van der Waals surface area (Å²) in [5.41, 5.74) is 4.70. The molecule has 1 atom stereocenters. The Bertz CT molecular complexity index is 642. The molecule has 21 heavy (non-hydrogen) atoms. The maximum atomic E-state index is 13.9. The molecule has 0 spiro atoms. The fraction of sp³-hybridized carbons (Fsp3) is 0.357. The number of rotatable bonds is 5. The zero-order valence-electron chi connectivity index (χ0n) is 11.8. The highest BCUT2D eigenvalue weighted by Gasteiger charge is 2.20. The molecule has 1 aromatic carbocycles. The summed E-state index contributed by atoms with van der Waals surface area (Å²) in [5.74, 6) is 4.33. The van der Waals surface area contributed by atoms with E-state index in [-0.39, 0.29) is 0 Å². The van der Waals surface area contributed by atoms with Crippen molar-refractivity contribution in [3.05, 3.63) is 51.3 Å². The van der Waals surface area contributed by atoms with E-state index in [1.165, 1.54) is 12.1 Å². The van der Waals surface area contributed by atoms with Crippen LogP contribution in [0.4, 0.5) is 8.78 Å². The molecule has 1 heterocycles. The highest BCUT2D eigenvalue weighted by atomic mass is 79.9. The smallest absolute Gasteiger partial charge is 0.130 e. The summed E-state index contributed by atoms with van der Waals surface area (Å²) < 4.78 is 29.6. The molecular formula is C14H17BrF2N4. The van der Waals surface area contributed by atoms with E-state index in [1.807, 2.05) is 18.5 Å². The Kier molecular flexibility index (Phi) is 5.08. The minimum absolute atomic E-state index is 0.326. The molecule has 3 N–H and O–H groups in total. The number of halogens is 3. The molecule has 2 aromatic rings. The van der Waals surface area contributed by atoms with Gasteiger partial charge in [-0.15, -0.1) is 0 Å². The Balaban J connectivity index is 2.35. The lowest BCUT2D eigenvalue weighted by atomic mass is 10.0. The summed E-state index contributed by atoms with van der Waals surface area (Å²) in [4.78, 5) is 0. The van der Waals surface area contributed by atoms with Crippen molar-refractivity contribution in [2.75, 3.05) is 0 Å². The largest absolute Gasteiger partial charge is 0.271 e. The van der Waals surface area contributed by atoms with E-state index in [0.717, 1.165) is 21.9 Å². The number of aryl methyl sites for hydroxylation is 2. The van der Waals surface area contributed by atoms with Gasteiger partial charge in [-0.3, -0.25) is 16.0 Å². The molecule has 0 aliphatic rings. The molecule has 4 nitrogen and oxygen atoms in total. The van der Waals surface area contributed by atoms with Crippen LogP contribution in [0, 0.1) is 18.6 Å². The molecule has 1 aromatic heterocycles. The van der Waals surface area contributed by atoms with Crippen LogP contribution in [-0.2, 0) is 13.0 Å². The average Bonchev–Trinajstić information content (AvgIpc) is 2.72. The quantitative estimate of drug-likeness (QED) is 0.638. The first-order valence-electron chi connectivity index (χ1n) is 6.60. The fourth-order valence-corrected chi connectivity index (χ4v) is 2.75. The number of hydrogen-bond acceptors (Lipinski definition) is 3. The van der Waals surface area contributed by atoms with Crippen LogP contribution >= 0.6 is 15.9 Å². The molecular weight excluding hydrogens is 342 g/mol. The molecule has 114 valence electrons. The molecule has 0 bridgehead atoms. The van der Waals surface area contributed by atoms with E-state index in [0.29, 0.717) is 18.5 Å². The first-order chi connectivity index (χ1) is 9.97. The molecule has 1 unspecified atom stereocenters. The minimum atomic E-state index is -0.617. The Morgan fingerprint density at radius 3 is 2.71 bits per heavy atom. The summed E-state index contributed by atoms with van der Waals surface area (Å²) in [5, 5.41) is 4.39. The van der Waals surface area contributed by atoms with Gasteiger partial charge in [-0.05, 0) is 35.8 Å². The zero-order chi connectivity index (χ0) is 15.6. The summed E-state index contributed by atoms with van der Waals surface area (Å²) in [7, 11) is 0. The minimum Gasteiger partial charge on any atom is -0.271 e. The van der Waals surface area contributed by atoms with Crippen LogP contribution in [0.15, 0.2) is 22.7 Å². The van der Waals surface area contributed by atoms with E-state index in [4.69, 9.17) is 5.84 Å². The number of aromatic nitrogens is 2. The van der Waals surface area contributed by atoms with Gasteiger partial charge in [0.25, 0.3) is 0 Å². The van der Waals surface area contributed by atoms with Gasteiger partial charge in [0.15, 0.2) is 0 Å². The van der Waals surface area contributed by atoms with Crippen LogP contribution in [0.2, 0.25) is 0 Å². The summed E-state index contributed by atoms with van der Waals surface area (Å²) in [6, 6.07) is 3.02. The highest BCUT2D eigenvalue weighted by Crippen LogP contribution is 2.27. The van der Waals surface area contributed by atoms with Crippen LogP contribution in [0.1, 0.15) is 29.9 Å². The summed E-state index contributed by atoms with van der Waals surface area (Å²) >= 11 is 3.50. The molecule has 0 saturated carbocycles. The van der Waals surface area contributed by atoms with E-state index < -0.39 is 17.7 Å². The van der Waals surface area contributed by atoms with Crippen molar-refractivity contribution < 1.29 is 8.78 Å². The second-order valence-corrected chi connectivity index (χ2v) is 5.54. The van der Waals surface area contributed by atoms with Gasteiger partial charge in [-0.2, -0.15) is 5.10 Å². The van der Waals surface area contributed by atoms with Gasteiger partial charge in [-0.25, -0.2) is 8.78 Å². The van der Waals surface area contributed by atoms with Gasteiger partial charge in [-0.1, -0.05) is 6.07 Å². The predicted molar refractivity (Wildman–Crippen MR) is 80.5 cm³/mol. The number of hydrazine groups is 1. The maximum Gasteiger partial charge on any atom is 0.130 e. The van der Waals surface area contributed by atoms with Crippen LogP contribution in [0.3, 0.4) is 0 Å². The zero-order valence-corrected chi connectivity index (χ0v) is 13.4. The van der Waals surface area contributed by atoms with Crippen molar-refractivity contribution in [1.82, 2.24) is 15.2 Å². The van der Waals surface area contributed by atoms with E-state index in [2.05, 4.69) is 26.5 Å².